The fourth-order valence-corrected chi connectivity index (χ4v) is 5.26. The summed E-state index contributed by atoms with van der Waals surface area (Å²) < 4.78 is 6.95. The molecule has 1 aliphatic rings. The summed E-state index contributed by atoms with van der Waals surface area (Å²) in [5.74, 6) is -1.07. The van der Waals surface area contributed by atoms with Crippen LogP contribution in [0.2, 0.25) is 0 Å². The van der Waals surface area contributed by atoms with Crippen LogP contribution in [0, 0.1) is 12.8 Å². The van der Waals surface area contributed by atoms with E-state index in [1.165, 1.54) is 12.3 Å². The highest BCUT2D eigenvalue weighted by Crippen LogP contribution is 2.34. The van der Waals surface area contributed by atoms with Crippen LogP contribution in [0.15, 0.2) is 77.4 Å². The second-order valence-corrected chi connectivity index (χ2v) is 11.8. The van der Waals surface area contributed by atoms with Gasteiger partial charge in [0.2, 0.25) is 5.78 Å². The minimum absolute atomic E-state index is 0.0267. The second-order valence-electron chi connectivity index (χ2n) is 11.8. The quantitative estimate of drug-likeness (QED) is 0.171. The Bertz CT molecular complexity index is 1540. The largest absolute Gasteiger partial charge is 0.461 e. The number of furan rings is 1. The van der Waals surface area contributed by atoms with Crippen LogP contribution in [0.25, 0.3) is 5.69 Å². The van der Waals surface area contributed by atoms with Gasteiger partial charge in [-0.05, 0) is 80.7 Å². The molecular formula is C33H37N5O4. The first-order chi connectivity index (χ1) is 20.1. The molecule has 3 heterocycles. The first-order valence-electron chi connectivity index (χ1n) is 14.3. The molecule has 42 heavy (non-hydrogen) atoms. The minimum Gasteiger partial charge on any atom is -0.461 e. The fraction of sp³-hybridized carbons (Fsp3) is 0.333. The van der Waals surface area contributed by atoms with Crippen molar-refractivity contribution < 1.29 is 18.8 Å². The SMILES string of the molecule is Cc1ccc(-n2nc(C(C)(C)C)cc2NC(=O)Nc2ccc(C(C(=O)C(=O)c3ccco3)C3CCNCC3)cc2)cc1. The maximum Gasteiger partial charge on any atom is 0.324 e. The summed E-state index contributed by atoms with van der Waals surface area (Å²) in [6.07, 6.45) is 2.97. The van der Waals surface area contributed by atoms with Crippen molar-refractivity contribution in [2.45, 2.75) is 51.9 Å². The number of hydrogen-bond acceptors (Lipinski definition) is 6. The Morgan fingerprint density at radius 2 is 1.67 bits per heavy atom. The molecule has 9 nitrogen and oxygen atoms in total. The van der Waals surface area contributed by atoms with Gasteiger partial charge < -0.3 is 15.1 Å². The van der Waals surface area contributed by atoms with Gasteiger partial charge in [0, 0.05) is 17.2 Å². The highest BCUT2D eigenvalue weighted by Gasteiger charge is 2.36. The summed E-state index contributed by atoms with van der Waals surface area (Å²) in [5, 5.41) is 13.9. The van der Waals surface area contributed by atoms with Crippen molar-refractivity contribution in [1.82, 2.24) is 15.1 Å². The molecule has 3 N–H and O–H groups in total. The predicted molar refractivity (Wildman–Crippen MR) is 162 cm³/mol. The molecule has 218 valence electrons. The number of Topliss-reactive ketones (excluding diaryl/α,β-unsaturated/α-hetero) is 2. The third-order valence-electron chi connectivity index (χ3n) is 7.63. The van der Waals surface area contributed by atoms with E-state index in [2.05, 4.69) is 36.7 Å². The Balaban J connectivity index is 1.34. The van der Waals surface area contributed by atoms with Gasteiger partial charge in [-0.3, -0.25) is 14.9 Å². The van der Waals surface area contributed by atoms with Crippen molar-refractivity contribution in [3.63, 3.8) is 0 Å². The van der Waals surface area contributed by atoms with Gasteiger partial charge in [-0.15, -0.1) is 0 Å². The zero-order chi connectivity index (χ0) is 29.9. The molecule has 0 aliphatic carbocycles. The molecule has 2 aromatic heterocycles. The zero-order valence-corrected chi connectivity index (χ0v) is 24.4. The number of aromatic nitrogens is 2. The second kappa shape index (κ2) is 12.2. The molecular weight excluding hydrogens is 530 g/mol. The number of rotatable bonds is 8. The van der Waals surface area contributed by atoms with Crippen LogP contribution in [-0.4, -0.2) is 40.5 Å². The van der Waals surface area contributed by atoms with Crippen molar-refractivity contribution in [2.75, 3.05) is 23.7 Å². The number of benzene rings is 2. The highest BCUT2D eigenvalue weighted by molar-refractivity contribution is 6.44. The third-order valence-corrected chi connectivity index (χ3v) is 7.63. The molecule has 2 aromatic carbocycles. The van der Waals surface area contributed by atoms with Crippen molar-refractivity contribution in [1.29, 1.82) is 0 Å². The van der Waals surface area contributed by atoms with Crippen molar-refractivity contribution >= 4 is 29.1 Å². The Kier molecular flexibility index (Phi) is 8.40. The van der Waals surface area contributed by atoms with Gasteiger partial charge in [-0.25, -0.2) is 9.48 Å². The summed E-state index contributed by atoms with van der Waals surface area (Å²) >= 11 is 0. The number of anilines is 2. The molecule has 1 atom stereocenters. The fourth-order valence-electron chi connectivity index (χ4n) is 5.26. The lowest BCUT2D eigenvalue weighted by atomic mass is 9.76. The normalized spacial score (nSPS) is 14.8. The van der Waals surface area contributed by atoms with E-state index in [1.54, 1.807) is 22.9 Å². The van der Waals surface area contributed by atoms with Crippen LogP contribution in [0.4, 0.5) is 16.3 Å². The van der Waals surface area contributed by atoms with Gasteiger partial charge in [0.1, 0.15) is 5.82 Å². The number of nitrogens with zero attached hydrogens (tertiary/aromatic N) is 2. The van der Waals surface area contributed by atoms with E-state index in [-0.39, 0.29) is 17.1 Å². The number of nitrogens with one attached hydrogen (secondary N) is 3. The summed E-state index contributed by atoms with van der Waals surface area (Å²) in [7, 11) is 0. The number of ketones is 2. The molecule has 0 spiro atoms. The highest BCUT2D eigenvalue weighted by atomic mass is 16.3. The van der Waals surface area contributed by atoms with E-state index < -0.39 is 23.5 Å². The van der Waals surface area contributed by atoms with E-state index in [4.69, 9.17) is 9.52 Å². The van der Waals surface area contributed by atoms with Crippen molar-refractivity contribution in [3.05, 3.63) is 95.6 Å². The lowest BCUT2D eigenvalue weighted by Crippen LogP contribution is -2.35. The van der Waals surface area contributed by atoms with Gasteiger partial charge >= 0.3 is 6.03 Å². The molecule has 1 aliphatic heterocycles. The molecule has 1 fully saturated rings. The predicted octanol–water partition coefficient (Wildman–Crippen LogP) is 6.25. The molecule has 0 saturated carbocycles. The number of carbonyl (C=O) groups excluding carboxylic acids is 3. The first kappa shape index (κ1) is 29.0. The number of aryl methyl sites for hydroxylation is 1. The van der Waals surface area contributed by atoms with Crippen molar-refractivity contribution in [3.8, 4) is 5.69 Å². The van der Waals surface area contributed by atoms with Crippen LogP contribution < -0.4 is 16.0 Å². The number of piperidine rings is 1. The van der Waals surface area contributed by atoms with Gasteiger partial charge in [0.25, 0.3) is 5.78 Å². The number of hydrogen-bond donors (Lipinski definition) is 3. The average Bonchev–Trinajstić information content (AvgIpc) is 3.66. The third kappa shape index (κ3) is 6.52. The molecule has 5 rings (SSSR count). The minimum atomic E-state index is -0.620. The van der Waals surface area contributed by atoms with Crippen LogP contribution >= 0.6 is 0 Å². The van der Waals surface area contributed by atoms with Crippen LogP contribution in [0.1, 0.15) is 66.9 Å². The van der Waals surface area contributed by atoms with Gasteiger partial charge in [0.15, 0.2) is 5.76 Å². The summed E-state index contributed by atoms with van der Waals surface area (Å²) in [6, 6.07) is 19.6. The number of carbonyl (C=O) groups is 3. The standard InChI is InChI=1S/C33H37N5O4/c1-21-7-13-25(14-8-21)38-28(20-27(37-38)33(2,3)4)36-32(41)35-24-11-9-22(10-12-24)29(23-15-17-34-18-16-23)31(40)30(39)26-6-5-19-42-26/h5-14,19-20,23,29,34H,15-18H2,1-4H3,(H2,35,36,41). The molecule has 1 unspecified atom stereocenters. The molecule has 0 bridgehead atoms. The van der Waals surface area contributed by atoms with Crippen LogP contribution in [0.5, 0.6) is 0 Å². The lowest BCUT2D eigenvalue weighted by Gasteiger charge is -2.29. The lowest BCUT2D eigenvalue weighted by molar-refractivity contribution is -0.117. The van der Waals surface area contributed by atoms with E-state index in [0.29, 0.717) is 11.5 Å². The summed E-state index contributed by atoms with van der Waals surface area (Å²) in [6.45, 7) is 9.82. The van der Waals surface area contributed by atoms with E-state index >= 15 is 0 Å². The Morgan fingerprint density at radius 3 is 2.29 bits per heavy atom. The topological polar surface area (TPSA) is 118 Å². The summed E-state index contributed by atoms with van der Waals surface area (Å²) in [5.41, 5.74) is 3.91. The molecule has 0 radical (unpaired) electrons. The Hall–Kier alpha value is -4.50. The maximum absolute atomic E-state index is 13.4. The van der Waals surface area contributed by atoms with Gasteiger partial charge in [-0.2, -0.15) is 5.10 Å². The van der Waals surface area contributed by atoms with Crippen LogP contribution in [0.3, 0.4) is 0 Å². The smallest absolute Gasteiger partial charge is 0.324 e. The van der Waals surface area contributed by atoms with E-state index in [9.17, 15) is 14.4 Å². The molecule has 2 amide bonds. The molecule has 1 saturated heterocycles. The van der Waals surface area contributed by atoms with Gasteiger partial charge in [-0.1, -0.05) is 50.6 Å². The van der Waals surface area contributed by atoms with Gasteiger partial charge in [0.05, 0.1) is 23.6 Å². The monoisotopic (exact) mass is 567 g/mol. The Morgan fingerprint density at radius 1 is 0.976 bits per heavy atom. The average molecular weight is 568 g/mol. The molecule has 9 heteroatoms. The molecule has 4 aromatic rings. The van der Waals surface area contributed by atoms with Crippen molar-refractivity contribution in [2.24, 2.45) is 5.92 Å². The maximum atomic E-state index is 13.4. The summed E-state index contributed by atoms with van der Waals surface area (Å²) in [4.78, 5) is 39.5. The number of amides is 2. The van der Waals surface area contributed by atoms with Crippen LogP contribution in [-0.2, 0) is 10.2 Å². The first-order valence-corrected chi connectivity index (χ1v) is 14.3. The Labute approximate surface area is 245 Å². The van der Waals surface area contributed by atoms with E-state index in [1.807, 2.05) is 49.4 Å². The number of urea groups is 1. The zero-order valence-electron chi connectivity index (χ0n) is 24.4. The van der Waals surface area contributed by atoms with E-state index in [0.717, 1.165) is 48.4 Å².